The summed E-state index contributed by atoms with van der Waals surface area (Å²) >= 11 is -2.07. The molecule has 1 N–H and O–H groups in total. The second-order valence-corrected chi connectivity index (χ2v) is 24.5. The van der Waals surface area contributed by atoms with E-state index in [1.54, 1.807) is 0 Å². The fraction of sp³-hybridized carbons (Fsp3) is 0.450. The SMILES string of the molecule is CCC(CC)C(=O)/C=C(\O)C(CC)CC.Cc1c[c]([Ge]([CH3])([CH3])[CH3])c2ccnc3c2c1Oc1c-3[c-]c2ccccc2c1CC(C)C.[Ir]. The van der Waals surface area contributed by atoms with Crippen molar-refractivity contribution in [1.29, 1.82) is 0 Å². The van der Waals surface area contributed by atoms with Crippen molar-refractivity contribution < 1.29 is 34.7 Å². The van der Waals surface area contributed by atoms with Gasteiger partial charge in [0.05, 0.1) is 5.76 Å². The minimum Gasteiger partial charge on any atom is 0 e. The number of pyridine rings is 1. The van der Waals surface area contributed by atoms with Gasteiger partial charge in [-0.15, -0.1) is 0 Å². The molecular formula is C40H52GeIrNO3-. The van der Waals surface area contributed by atoms with Crippen molar-refractivity contribution in [3.8, 4) is 22.8 Å². The number of ketones is 1. The number of aromatic nitrogens is 1. The van der Waals surface area contributed by atoms with Crippen LogP contribution in [0.1, 0.15) is 78.4 Å². The van der Waals surface area contributed by atoms with Crippen molar-refractivity contribution in [2.45, 2.75) is 97.8 Å². The molecule has 5 rings (SSSR count). The van der Waals surface area contributed by atoms with Crippen LogP contribution in [0.15, 0.2) is 54.4 Å². The first-order valence-corrected chi connectivity index (χ1v) is 24.2. The quantitative estimate of drug-likeness (QED) is 0.0658. The molecule has 3 aromatic carbocycles. The number of carbonyl (C=O) groups excluding carboxylic acids is 1. The summed E-state index contributed by atoms with van der Waals surface area (Å²) in [6.45, 7) is 14.8. The van der Waals surface area contributed by atoms with Crippen LogP contribution in [-0.4, -0.2) is 29.1 Å². The van der Waals surface area contributed by atoms with Gasteiger partial charge < -0.3 is 5.11 Å². The van der Waals surface area contributed by atoms with Gasteiger partial charge in [0.2, 0.25) is 0 Å². The van der Waals surface area contributed by atoms with Crippen LogP contribution in [0.5, 0.6) is 11.5 Å². The zero-order chi connectivity index (χ0) is 33.1. The Labute approximate surface area is 293 Å². The Kier molecular flexibility index (Phi) is 13.3. The fourth-order valence-electron chi connectivity index (χ4n) is 6.51. The van der Waals surface area contributed by atoms with Gasteiger partial charge in [-0.3, -0.25) is 4.79 Å². The van der Waals surface area contributed by atoms with Crippen LogP contribution in [-0.2, 0) is 31.3 Å². The maximum Gasteiger partial charge on any atom is 0 e. The number of rotatable bonds is 10. The van der Waals surface area contributed by atoms with E-state index in [0.29, 0.717) is 5.92 Å². The van der Waals surface area contributed by atoms with Crippen LogP contribution < -0.4 is 9.13 Å². The first-order valence-electron chi connectivity index (χ1n) is 16.9. The van der Waals surface area contributed by atoms with Gasteiger partial charge in [-0.2, -0.15) is 0 Å². The monoisotopic (exact) mass is 861 g/mol. The number of aryl methyl sites for hydroxylation is 1. The number of benzene rings is 3. The predicted octanol–water partition coefficient (Wildman–Crippen LogP) is 10.9. The van der Waals surface area contributed by atoms with Crippen LogP contribution in [0.3, 0.4) is 0 Å². The van der Waals surface area contributed by atoms with E-state index in [9.17, 15) is 9.90 Å². The molecule has 0 atom stereocenters. The smallest absolute Gasteiger partial charge is 0 e. The molecule has 0 unspecified atom stereocenters. The molecule has 0 fully saturated rings. The van der Waals surface area contributed by atoms with Crippen LogP contribution in [0.2, 0.25) is 17.3 Å². The van der Waals surface area contributed by atoms with Crippen molar-refractivity contribution in [2.75, 3.05) is 0 Å². The van der Waals surface area contributed by atoms with Gasteiger partial charge in [0, 0.05) is 38.0 Å². The molecule has 0 saturated heterocycles. The molecule has 1 aliphatic heterocycles. The molecule has 46 heavy (non-hydrogen) atoms. The van der Waals surface area contributed by atoms with E-state index in [-0.39, 0.29) is 43.5 Å². The van der Waals surface area contributed by atoms with Crippen LogP contribution in [0.25, 0.3) is 32.8 Å². The molecule has 0 amide bonds. The molecule has 1 aliphatic rings. The van der Waals surface area contributed by atoms with Gasteiger partial charge in [-0.1, -0.05) is 27.7 Å². The number of nitrogens with zero attached hydrogens (tertiary/aromatic N) is 1. The Hall–Kier alpha value is -2.47. The Morgan fingerprint density at radius 1 is 0.957 bits per heavy atom. The summed E-state index contributed by atoms with van der Waals surface area (Å²) in [6, 6.07) is 16.8. The van der Waals surface area contributed by atoms with Gasteiger partial charge in [-0.05, 0) is 25.7 Å². The first kappa shape index (κ1) is 38.0. The average molecular weight is 860 g/mol. The molecular weight excluding hydrogens is 807 g/mol. The average Bonchev–Trinajstić information content (AvgIpc) is 2.99. The predicted molar refractivity (Wildman–Crippen MR) is 194 cm³/mol. The molecule has 0 aliphatic carbocycles. The van der Waals surface area contributed by atoms with E-state index in [1.165, 1.54) is 37.8 Å². The van der Waals surface area contributed by atoms with Crippen molar-refractivity contribution in [3.63, 3.8) is 0 Å². The summed E-state index contributed by atoms with van der Waals surface area (Å²) in [5.74, 6) is 10.4. The number of carbonyl (C=O) groups is 1. The molecule has 0 bridgehead atoms. The summed E-state index contributed by atoms with van der Waals surface area (Å²) in [4.78, 5) is 16.6. The number of aliphatic hydroxyl groups excluding tert-OH is 1. The van der Waals surface area contributed by atoms with E-state index in [0.717, 1.165) is 60.2 Å². The van der Waals surface area contributed by atoms with E-state index < -0.39 is 13.3 Å². The summed E-state index contributed by atoms with van der Waals surface area (Å²) in [5.41, 5.74) is 4.52. The molecule has 4 aromatic rings. The molecule has 0 saturated carbocycles. The summed E-state index contributed by atoms with van der Waals surface area (Å²) < 4.78 is 8.26. The number of hydrogen-bond acceptors (Lipinski definition) is 4. The molecule has 6 heteroatoms. The maximum atomic E-state index is 11.7. The third kappa shape index (κ3) is 7.97. The minimum atomic E-state index is -2.07. The molecule has 1 aromatic heterocycles. The second-order valence-electron chi connectivity index (χ2n) is 14.0. The number of ether oxygens (including phenoxy) is 1. The normalized spacial score (nSPS) is 12.6. The third-order valence-corrected chi connectivity index (χ3v) is 13.4. The van der Waals surface area contributed by atoms with Gasteiger partial charge in [0.25, 0.3) is 0 Å². The van der Waals surface area contributed by atoms with Crippen LogP contribution >= 0.6 is 0 Å². The number of hydrogen-bond donors (Lipinski definition) is 1. The van der Waals surface area contributed by atoms with E-state index in [4.69, 9.17) is 9.72 Å². The Balaban J connectivity index is 0.000000309. The maximum absolute atomic E-state index is 11.7. The zero-order valence-electron chi connectivity index (χ0n) is 29.4. The van der Waals surface area contributed by atoms with Crippen molar-refractivity contribution in [1.82, 2.24) is 4.98 Å². The van der Waals surface area contributed by atoms with E-state index >= 15 is 0 Å². The van der Waals surface area contributed by atoms with Crippen LogP contribution in [0.4, 0.5) is 0 Å². The molecule has 1 radical (unpaired) electrons. The Bertz CT molecular complexity index is 1710. The van der Waals surface area contributed by atoms with Crippen molar-refractivity contribution in [2.24, 2.45) is 17.8 Å². The van der Waals surface area contributed by atoms with Crippen LogP contribution in [0, 0.1) is 30.7 Å². The van der Waals surface area contributed by atoms with E-state index in [1.807, 2.05) is 33.9 Å². The number of fused-ring (bicyclic) bond motifs is 3. The van der Waals surface area contributed by atoms with Crippen molar-refractivity contribution >= 4 is 45.0 Å². The third-order valence-electron chi connectivity index (χ3n) is 9.14. The first-order chi connectivity index (χ1) is 21.4. The number of aliphatic hydroxyl groups is 1. The second kappa shape index (κ2) is 16.1. The molecule has 249 valence electrons. The van der Waals surface area contributed by atoms with Gasteiger partial charge in [0.1, 0.15) is 0 Å². The minimum absolute atomic E-state index is 0. The summed E-state index contributed by atoms with van der Waals surface area (Å²) in [6.07, 6.45) is 7.84. The van der Waals surface area contributed by atoms with Gasteiger partial charge >= 0.3 is 182 Å². The molecule has 2 heterocycles. The Morgan fingerprint density at radius 2 is 1.59 bits per heavy atom. The number of allylic oxidation sites excluding steroid dienone is 2. The van der Waals surface area contributed by atoms with Crippen molar-refractivity contribution in [3.05, 3.63) is 71.6 Å². The largest absolute Gasteiger partial charge is 0 e. The summed E-state index contributed by atoms with van der Waals surface area (Å²) in [7, 11) is 0. The summed E-state index contributed by atoms with van der Waals surface area (Å²) in [5, 5.41) is 14.6. The Morgan fingerprint density at radius 3 is 2.17 bits per heavy atom. The molecule has 0 spiro atoms. The fourth-order valence-corrected chi connectivity index (χ4v) is 10.0. The topological polar surface area (TPSA) is 59.4 Å². The standard InChI is InChI=1S/C27H28GeNO.C13H24O2.Ir/c1-16(2)13-21-19-10-8-7-9-18(19)15-22-25-24-20(11-12-29-25)23(28(4,5)6)14-17(3)26(24)30-27(21)22;1-5-10(6-2)12(14)9-13(15)11(7-3)8-4;/h7-12,14,16H,13H2,1-6H3;9-11,14H,5-8H2,1-4H3;/q-1;;/b;12-9-;. The van der Waals surface area contributed by atoms with Gasteiger partial charge in [0.15, 0.2) is 5.78 Å². The van der Waals surface area contributed by atoms with E-state index in [2.05, 4.69) is 80.5 Å². The van der Waals surface area contributed by atoms with Gasteiger partial charge in [-0.25, -0.2) is 0 Å². The zero-order valence-corrected chi connectivity index (χ0v) is 33.9. The molecule has 4 nitrogen and oxygen atoms in total.